The third-order valence-corrected chi connectivity index (χ3v) is 6.16. The Balaban J connectivity index is 0.00000240. The third-order valence-electron chi connectivity index (χ3n) is 5.21. The highest BCUT2D eigenvalue weighted by molar-refractivity contribution is 14.0. The van der Waals surface area contributed by atoms with Gasteiger partial charge in [0.1, 0.15) is 0 Å². The molecule has 0 saturated carbocycles. The summed E-state index contributed by atoms with van der Waals surface area (Å²) in [4.78, 5) is 24.9. The summed E-state index contributed by atoms with van der Waals surface area (Å²) in [6, 6.07) is 1.85. The minimum Gasteiger partial charge on any atom is -0.356 e. The Bertz CT molecular complexity index is 770. The number of halogens is 1. The van der Waals surface area contributed by atoms with E-state index in [4.69, 9.17) is 4.98 Å². The highest BCUT2D eigenvalue weighted by atomic mass is 127. The Morgan fingerprint density at radius 1 is 1.07 bits per heavy atom. The molecule has 0 aliphatic carbocycles. The molecule has 158 valence electrons. The molecule has 0 spiro atoms. The van der Waals surface area contributed by atoms with E-state index in [2.05, 4.69) is 40.4 Å². The Morgan fingerprint density at radius 3 is 2.48 bits per heavy atom. The summed E-state index contributed by atoms with van der Waals surface area (Å²) in [5.41, 5.74) is 1.17. The van der Waals surface area contributed by atoms with E-state index in [0.29, 0.717) is 0 Å². The van der Waals surface area contributed by atoms with Crippen LogP contribution in [0.15, 0.2) is 28.8 Å². The normalized spacial score (nSPS) is 17.4. The van der Waals surface area contributed by atoms with E-state index in [1.165, 1.54) is 23.7 Å². The highest BCUT2D eigenvalue weighted by Gasteiger charge is 2.21. The number of guanidine groups is 1. The standard InChI is InChI=1S/C19H28N8S.HI/c1-20-17(25-11-13-26(14-12-25)18-21-6-4-7-22-18)23-8-5-16-15-28-19(24-16)27-9-2-3-10-27;/h4,6-7,15H,2-3,5,8-14H2,1H3,(H,20,23);1H. The number of nitrogens with zero attached hydrogens (tertiary/aromatic N) is 7. The molecule has 1 N–H and O–H groups in total. The second-order valence-corrected chi connectivity index (χ2v) is 7.90. The molecule has 2 saturated heterocycles. The molecule has 0 aromatic carbocycles. The lowest BCUT2D eigenvalue weighted by Crippen LogP contribution is -2.53. The molecule has 0 atom stereocenters. The van der Waals surface area contributed by atoms with E-state index in [1.807, 2.05) is 13.1 Å². The maximum atomic E-state index is 4.80. The molecule has 8 nitrogen and oxygen atoms in total. The first kappa shape index (κ1) is 22.0. The molecule has 2 aromatic rings. The van der Waals surface area contributed by atoms with Gasteiger partial charge in [0.25, 0.3) is 0 Å². The van der Waals surface area contributed by atoms with E-state index in [9.17, 15) is 0 Å². The van der Waals surface area contributed by atoms with Crippen LogP contribution in [0.5, 0.6) is 0 Å². The summed E-state index contributed by atoms with van der Waals surface area (Å²) >= 11 is 1.77. The number of thiazole rings is 1. The molecule has 0 radical (unpaired) electrons. The zero-order valence-corrected chi connectivity index (χ0v) is 20.0. The smallest absolute Gasteiger partial charge is 0.225 e. The zero-order valence-electron chi connectivity index (χ0n) is 16.8. The fourth-order valence-corrected chi connectivity index (χ4v) is 4.59. The molecule has 10 heteroatoms. The van der Waals surface area contributed by atoms with Gasteiger partial charge in [0.05, 0.1) is 5.69 Å². The fraction of sp³-hybridized carbons (Fsp3) is 0.579. The van der Waals surface area contributed by atoms with Crippen LogP contribution in [-0.2, 0) is 6.42 Å². The molecule has 2 aromatic heterocycles. The minimum absolute atomic E-state index is 0. The lowest BCUT2D eigenvalue weighted by Gasteiger charge is -2.36. The van der Waals surface area contributed by atoms with Crippen LogP contribution in [-0.4, -0.2) is 78.7 Å². The number of anilines is 2. The van der Waals surface area contributed by atoms with Crippen molar-refractivity contribution in [3.63, 3.8) is 0 Å². The predicted octanol–water partition coefficient (Wildman–Crippen LogP) is 2.09. The molecule has 2 aliphatic rings. The van der Waals surface area contributed by atoms with Crippen LogP contribution in [0.2, 0.25) is 0 Å². The predicted molar refractivity (Wildman–Crippen MR) is 130 cm³/mol. The molecule has 2 fully saturated rings. The molecule has 4 heterocycles. The fourth-order valence-electron chi connectivity index (χ4n) is 3.67. The molecule has 0 unspecified atom stereocenters. The molecular weight excluding hydrogens is 499 g/mol. The van der Waals surface area contributed by atoms with Gasteiger partial charge in [0.15, 0.2) is 11.1 Å². The first-order valence-corrected chi connectivity index (χ1v) is 10.9. The van der Waals surface area contributed by atoms with Gasteiger partial charge in [-0.05, 0) is 18.9 Å². The topological polar surface area (TPSA) is 72.8 Å². The van der Waals surface area contributed by atoms with Gasteiger partial charge in [0.2, 0.25) is 5.95 Å². The number of hydrogen-bond donors (Lipinski definition) is 1. The van der Waals surface area contributed by atoms with Gasteiger partial charge in [-0.3, -0.25) is 4.99 Å². The maximum absolute atomic E-state index is 4.80. The summed E-state index contributed by atoms with van der Waals surface area (Å²) in [5, 5.41) is 6.87. The summed E-state index contributed by atoms with van der Waals surface area (Å²) in [7, 11) is 1.85. The maximum Gasteiger partial charge on any atom is 0.225 e. The molecule has 4 rings (SSSR count). The summed E-state index contributed by atoms with van der Waals surface area (Å²) < 4.78 is 0. The zero-order chi connectivity index (χ0) is 19.2. The summed E-state index contributed by atoms with van der Waals surface area (Å²) in [5.74, 6) is 1.77. The van der Waals surface area contributed by atoms with Crippen molar-refractivity contribution in [3.05, 3.63) is 29.5 Å². The highest BCUT2D eigenvalue weighted by Crippen LogP contribution is 2.24. The Kier molecular flexibility index (Phi) is 8.28. The van der Waals surface area contributed by atoms with E-state index in [-0.39, 0.29) is 24.0 Å². The Labute approximate surface area is 193 Å². The summed E-state index contributed by atoms with van der Waals surface area (Å²) in [6.07, 6.45) is 7.08. The van der Waals surface area contributed by atoms with E-state index < -0.39 is 0 Å². The van der Waals surface area contributed by atoms with Gasteiger partial charge >= 0.3 is 0 Å². The quantitative estimate of drug-likeness (QED) is 0.362. The number of aliphatic imine (C=N–C) groups is 1. The van der Waals surface area contributed by atoms with Crippen LogP contribution in [0.25, 0.3) is 0 Å². The SMILES string of the molecule is CN=C(NCCc1csc(N2CCCC2)n1)N1CCN(c2ncccn2)CC1.I. The second-order valence-electron chi connectivity index (χ2n) is 7.06. The second kappa shape index (κ2) is 10.9. The first-order valence-electron chi connectivity index (χ1n) is 10.0. The first-order chi connectivity index (χ1) is 13.8. The molecule has 2 aliphatic heterocycles. The van der Waals surface area contributed by atoms with Crippen molar-refractivity contribution in [3.8, 4) is 0 Å². The average molecular weight is 528 g/mol. The number of nitrogens with one attached hydrogen (secondary N) is 1. The number of rotatable bonds is 5. The van der Waals surface area contributed by atoms with Gasteiger partial charge < -0.3 is 20.0 Å². The van der Waals surface area contributed by atoms with Crippen molar-refractivity contribution in [2.45, 2.75) is 19.3 Å². The Hall–Kier alpha value is -1.69. The van der Waals surface area contributed by atoms with Crippen molar-refractivity contribution >= 4 is 52.4 Å². The van der Waals surface area contributed by atoms with Crippen LogP contribution in [0.1, 0.15) is 18.5 Å². The van der Waals surface area contributed by atoms with Crippen LogP contribution in [0.3, 0.4) is 0 Å². The van der Waals surface area contributed by atoms with Gasteiger partial charge in [-0.15, -0.1) is 35.3 Å². The molecule has 0 bridgehead atoms. The minimum atomic E-state index is 0. The van der Waals surface area contributed by atoms with Gasteiger partial charge in [-0.1, -0.05) is 0 Å². The van der Waals surface area contributed by atoms with Gasteiger partial charge in [-0.2, -0.15) is 0 Å². The van der Waals surface area contributed by atoms with Gasteiger partial charge in [-0.25, -0.2) is 15.0 Å². The van der Waals surface area contributed by atoms with Crippen LogP contribution in [0, 0.1) is 0 Å². The number of aromatic nitrogens is 3. The lowest BCUT2D eigenvalue weighted by atomic mass is 10.3. The van der Waals surface area contributed by atoms with Crippen molar-refractivity contribution in [2.24, 2.45) is 4.99 Å². The Morgan fingerprint density at radius 2 is 1.79 bits per heavy atom. The molecule has 29 heavy (non-hydrogen) atoms. The van der Waals surface area contributed by atoms with E-state index >= 15 is 0 Å². The molecule has 0 amide bonds. The number of piperazine rings is 1. The number of hydrogen-bond acceptors (Lipinski definition) is 7. The van der Waals surface area contributed by atoms with Crippen LogP contribution in [0.4, 0.5) is 11.1 Å². The summed E-state index contributed by atoms with van der Waals surface area (Å²) in [6.45, 7) is 6.76. The van der Waals surface area contributed by atoms with Crippen LogP contribution < -0.4 is 15.1 Å². The largest absolute Gasteiger partial charge is 0.356 e. The lowest BCUT2D eigenvalue weighted by molar-refractivity contribution is 0.370. The molecular formula is C19H29IN8S. The van der Waals surface area contributed by atoms with Gasteiger partial charge in [0, 0.05) is 77.1 Å². The monoisotopic (exact) mass is 528 g/mol. The average Bonchev–Trinajstić information content (AvgIpc) is 3.44. The van der Waals surface area contributed by atoms with E-state index in [0.717, 1.165) is 64.1 Å². The van der Waals surface area contributed by atoms with Crippen molar-refractivity contribution < 1.29 is 0 Å². The van der Waals surface area contributed by atoms with Crippen LogP contribution >= 0.6 is 35.3 Å². The third kappa shape index (κ3) is 5.68. The van der Waals surface area contributed by atoms with E-state index in [1.54, 1.807) is 23.7 Å². The van der Waals surface area contributed by atoms with Crippen molar-refractivity contribution in [1.29, 1.82) is 0 Å². The van der Waals surface area contributed by atoms with Crippen molar-refractivity contribution in [2.75, 3.05) is 62.7 Å². The van der Waals surface area contributed by atoms with Crippen molar-refractivity contribution in [1.82, 2.24) is 25.2 Å².